The van der Waals surface area contributed by atoms with E-state index in [9.17, 15) is 4.79 Å². The van der Waals surface area contributed by atoms with Crippen molar-refractivity contribution in [2.75, 3.05) is 6.54 Å². The fraction of sp³-hybridized carbons (Fsp3) is 0.286. The molecule has 0 aliphatic rings. The fourth-order valence-corrected chi connectivity index (χ4v) is 0.441. The molecule has 56 valence electrons. The standard InChI is InChI=1S/C7H11NO2/c1-3-5-7(9)8(10)6-4-2/h3-5,10H,2,6H2,1H3/b5-3+. The number of carbonyl (C=O) groups excluding carboxylic acids is 1. The zero-order chi connectivity index (χ0) is 7.98. The molecule has 0 fully saturated rings. The second kappa shape index (κ2) is 4.76. The van der Waals surface area contributed by atoms with Crippen molar-refractivity contribution < 1.29 is 10.0 Å². The molecule has 0 aliphatic heterocycles. The van der Waals surface area contributed by atoms with Gasteiger partial charge in [-0.3, -0.25) is 10.0 Å². The summed E-state index contributed by atoms with van der Waals surface area (Å²) in [5, 5.41) is 9.40. The molecule has 1 N–H and O–H groups in total. The van der Waals surface area contributed by atoms with Crippen LogP contribution in [0.1, 0.15) is 6.92 Å². The van der Waals surface area contributed by atoms with Gasteiger partial charge in [-0.25, -0.2) is 5.06 Å². The number of allylic oxidation sites excluding steroid dienone is 1. The maximum Gasteiger partial charge on any atom is 0.269 e. The summed E-state index contributed by atoms with van der Waals surface area (Å²) in [6.45, 7) is 5.23. The van der Waals surface area contributed by atoms with E-state index in [1.54, 1.807) is 13.0 Å². The van der Waals surface area contributed by atoms with Crippen LogP contribution in [0.4, 0.5) is 0 Å². The van der Waals surface area contributed by atoms with Crippen LogP contribution in [0.15, 0.2) is 24.8 Å². The molecule has 1 amide bonds. The molecule has 0 saturated heterocycles. The first-order valence-corrected chi connectivity index (χ1v) is 2.96. The molecule has 3 heteroatoms. The quantitative estimate of drug-likeness (QED) is 0.275. The summed E-state index contributed by atoms with van der Waals surface area (Å²) in [5.74, 6) is -0.428. The van der Waals surface area contributed by atoms with E-state index in [4.69, 9.17) is 5.21 Å². The van der Waals surface area contributed by atoms with Crippen molar-refractivity contribution >= 4 is 5.91 Å². The molecule has 0 spiro atoms. The minimum absolute atomic E-state index is 0.156. The van der Waals surface area contributed by atoms with E-state index in [0.29, 0.717) is 5.06 Å². The van der Waals surface area contributed by atoms with Crippen LogP contribution in [0.25, 0.3) is 0 Å². The topological polar surface area (TPSA) is 40.5 Å². The van der Waals surface area contributed by atoms with E-state index < -0.39 is 5.91 Å². The molecule has 3 nitrogen and oxygen atoms in total. The number of hydroxylamine groups is 2. The smallest absolute Gasteiger partial charge is 0.269 e. The van der Waals surface area contributed by atoms with Crippen LogP contribution >= 0.6 is 0 Å². The maximum atomic E-state index is 10.7. The van der Waals surface area contributed by atoms with Crippen molar-refractivity contribution in [3.05, 3.63) is 24.8 Å². The van der Waals surface area contributed by atoms with Gasteiger partial charge in [-0.05, 0) is 6.92 Å². The largest absolute Gasteiger partial charge is 0.285 e. The zero-order valence-electron chi connectivity index (χ0n) is 5.95. The van der Waals surface area contributed by atoms with E-state index in [1.807, 2.05) is 0 Å². The van der Waals surface area contributed by atoms with Gasteiger partial charge in [-0.2, -0.15) is 0 Å². The van der Waals surface area contributed by atoms with E-state index in [-0.39, 0.29) is 6.54 Å². The molecule has 0 atom stereocenters. The summed E-state index contributed by atoms with van der Waals surface area (Å²) in [4.78, 5) is 10.7. The number of nitrogens with zero attached hydrogens (tertiary/aromatic N) is 1. The zero-order valence-corrected chi connectivity index (χ0v) is 5.95. The monoisotopic (exact) mass is 141 g/mol. The van der Waals surface area contributed by atoms with E-state index >= 15 is 0 Å². The Bertz CT molecular complexity index is 152. The Morgan fingerprint density at radius 2 is 2.40 bits per heavy atom. The van der Waals surface area contributed by atoms with Crippen LogP contribution in [-0.4, -0.2) is 22.7 Å². The minimum atomic E-state index is -0.428. The lowest BCUT2D eigenvalue weighted by Gasteiger charge is -2.08. The van der Waals surface area contributed by atoms with Gasteiger partial charge in [0.25, 0.3) is 5.91 Å². The van der Waals surface area contributed by atoms with Gasteiger partial charge in [0.1, 0.15) is 0 Å². The Morgan fingerprint density at radius 3 is 2.80 bits per heavy atom. The molecule has 0 heterocycles. The van der Waals surface area contributed by atoms with Crippen LogP contribution < -0.4 is 0 Å². The molecule has 0 radical (unpaired) electrons. The van der Waals surface area contributed by atoms with Gasteiger partial charge in [0.15, 0.2) is 0 Å². The lowest BCUT2D eigenvalue weighted by atomic mass is 10.5. The van der Waals surface area contributed by atoms with Gasteiger partial charge in [0.05, 0.1) is 6.54 Å². The van der Waals surface area contributed by atoms with E-state index in [2.05, 4.69) is 6.58 Å². The Balaban J connectivity index is 3.81. The first-order valence-electron chi connectivity index (χ1n) is 2.96. The Labute approximate surface area is 60.2 Å². The Hall–Kier alpha value is -1.09. The molecule has 0 aromatic carbocycles. The van der Waals surface area contributed by atoms with Crippen molar-refractivity contribution in [1.82, 2.24) is 5.06 Å². The SMILES string of the molecule is C=CCN(O)C(=O)/C=C/C. The summed E-state index contributed by atoms with van der Waals surface area (Å²) in [6, 6.07) is 0. The number of amides is 1. The minimum Gasteiger partial charge on any atom is -0.285 e. The van der Waals surface area contributed by atoms with Gasteiger partial charge in [0.2, 0.25) is 0 Å². The van der Waals surface area contributed by atoms with Crippen LogP contribution in [0.5, 0.6) is 0 Å². The predicted molar refractivity (Wildman–Crippen MR) is 38.5 cm³/mol. The molecular formula is C7H11NO2. The fourth-order valence-electron chi connectivity index (χ4n) is 0.441. The van der Waals surface area contributed by atoms with Crippen molar-refractivity contribution in [2.45, 2.75) is 6.92 Å². The molecular weight excluding hydrogens is 130 g/mol. The van der Waals surface area contributed by atoms with Crippen LogP contribution in [0.3, 0.4) is 0 Å². The number of rotatable bonds is 3. The molecule has 0 aliphatic carbocycles. The molecule has 0 aromatic rings. The summed E-state index contributed by atoms with van der Waals surface area (Å²) in [6.07, 6.45) is 4.29. The summed E-state index contributed by atoms with van der Waals surface area (Å²) >= 11 is 0. The average molecular weight is 141 g/mol. The highest BCUT2D eigenvalue weighted by atomic mass is 16.5. The van der Waals surface area contributed by atoms with Gasteiger partial charge in [0, 0.05) is 6.08 Å². The predicted octanol–water partition coefficient (Wildman–Crippen LogP) is 0.966. The number of hydrogen-bond donors (Lipinski definition) is 1. The first-order chi connectivity index (χ1) is 4.72. The third-order valence-corrected chi connectivity index (χ3v) is 0.866. The average Bonchev–Trinajstić information content (AvgIpc) is 1.89. The maximum absolute atomic E-state index is 10.7. The summed E-state index contributed by atoms with van der Waals surface area (Å²) in [7, 11) is 0. The lowest BCUT2D eigenvalue weighted by molar-refractivity contribution is -0.156. The van der Waals surface area contributed by atoms with Crippen molar-refractivity contribution in [3.8, 4) is 0 Å². The highest BCUT2D eigenvalue weighted by Crippen LogP contribution is 1.85. The molecule has 0 rings (SSSR count). The third kappa shape index (κ3) is 3.04. The molecule has 10 heavy (non-hydrogen) atoms. The molecule has 0 bridgehead atoms. The highest BCUT2D eigenvalue weighted by Gasteiger charge is 2.01. The van der Waals surface area contributed by atoms with Crippen molar-refractivity contribution in [1.29, 1.82) is 0 Å². The van der Waals surface area contributed by atoms with Gasteiger partial charge >= 0.3 is 0 Å². The van der Waals surface area contributed by atoms with Gasteiger partial charge < -0.3 is 0 Å². The Kier molecular flexibility index (Phi) is 4.24. The van der Waals surface area contributed by atoms with E-state index in [1.165, 1.54) is 12.2 Å². The van der Waals surface area contributed by atoms with Crippen molar-refractivity contribution in [2.24, 2.45) is 0 Å². The van der Waals surface area contributed by atoms with Crippen LogP contribution in [0, 0.1) is 0 Å². The molecule has 0 unspecified atom stereocenters. The van der Waals surface area contributed by atoms with Crippen molar-refractivity contribution in [3.63, 3.8) is 0 Å². The lowest BCUT2D eigenvalue weighted by Crippen LogP contribution is -2.25. The first kappa shape index (κ1) is 8.91. The second-order valence-electron chi connectivity index (χ2n) is 1.71. The van der Waals surface area contributed by atoms with Crippen LogP contribution in [0.2, 0.25) is 0 Å². The third-order valence-electron chi connectivity index (χ3n) is 0.866. The normalized spacial score (nSPS) is 9.80. The second-order valence-corrected chi connectivity index (χ2v) is 1.71. The Morgan fingerprint density at radius 1 is 1.80 bits per heavy atom. The van der Waals surface area contributed by atoms with Gasteiger partial charge in [-0.1, -0.05) is 12.2 Å². The molecule has 0 aromatic heterocycles. The highest BCUT2D eigenvalue weighted by molar-refractivity contribution is 5.86. The number of carbonyl (C=O) groups is 1. The summed E-state index contributed by atoms with van der Waals surface area (Å²) < 4.78 is 0. The number of hydrogen-bond acceptors (Lipinski definition) is 2. The summed E-state index contributed by atoms with van der Waals surface area (Å²) in [5.41, 5.74) is 0. The molecule has 0 saturated carbocycles. The van der Waals surface area contributed by atoms with Gasteiger partial charge in [-0.15, -0.1) is 6.58 Å². The van der Waals surface area contributed by atoms with Crippen LogP contribution in [-0.2, 0) is 4.79 Å². The van der Waals surface area contributed by atoms with E-state index in [0.717, 1.165) is 0 Å².